The Kier molecular flexibility index (Phi) is 7.99. The van der Waals surface area contributed by atoms with Gasteiger partial charge < -0.3 is 16.0 Å². The zero-order valence-electron chi connectivity index (χ0n) is 12.6. The van der Waals surface area contributed by atoms with E-state index in [-0.39, 0.29) is 17.7 Å². The lowest BCUT2D eigenvalue weighted by Gasteiger charge is -2.33. The smallest absolute Gasteiger partial charge is 0.239 e. The molecule has 116 valence electrons. The Bertz CT molecular complexity index is 326. The number of hydrogen-bond acceptors (Lipinski definition) is 4. The minimum atomic E-state index is -0.431. The summed E-state index contributed by atoms with van der Waals surface area (Å²) in [5, 5.41) is 2.91. The highest BCUT2D eigenvalue weighted by Gasteiger charge is 2.30. The van der Waals surface area contributed by atoms with Gasteiger partial charge in [-0.05, 0) is 37.7 Å². The van der Waals surface area contributed by atoms with Gasteiger partial charge in [-0.3, -0.25) is 9.59 Å². The van der Waals surface area contributed by atoms with E-state index in [4.69, 9.17) is 5.73 Å². The standard InChI is InChI=1S/C14H27N3O2S/c1-3-7-16-13(18)11-5-4-8-17(10-11)14(19)12(15)6-9-20-2/h11-12H,3-10,15H2,1-2H3,(H,16,18)/t11?,12-/m0/s1. The fraction of sp³-hybridized carbons (Fsp3) is 0.857. The maximum absolute atomic E-state index is 12.2. The van der Waals surface area contributed by atoms with Crippen LogP contribution in [-0.2, 0) is 9.59 Å². The first-order chi connectivity index (χ1) is 9.60. The Labute approximate surface area is 126 Å². The van der Waals surface area contributed by atoms with Crippen molar-refractivity contribution in [3.8, 4) is 0 Å². The predicted octanol–water partition coefficient (Wildman–Crippen LogP) is 0.832. The van der Waals surface area contributed by atoms with Gasteiger partial charge in [0.25, 0.3) is 0 Å². The van der Waals surface area contributed by atoms with Gasteiger partial charge >= 0.3 is 0 Å². The van der Waals surface area contributed by atoms with Gasteiger partial charge in [0, 0.05) is 19.6 Å². The number of likely N-dealkylation sites (tertiary alicyclic amines) is 1. The van der Waals surface area contributed by atoms with Crippen LogP contribution in [0.25, 0.3) is 0 Å². The number of piperidine rings is 1. The van der Waals surface area contributed by atoms with Crippen LogP contribution in [-0.4, -0.2) is 54.4 Å². The predicted molar refractivity (Wildman–Crippen MR) is 83.6 cm³/mol. The van der Waals surface area contributed by atoms with Gasteiger partial charge in [-0.15, -0.1) is 0 Å². The van der Waals surface area contributed by atoms with Crippen LogP contribution in [0.1, 0.15) is 32.6 Å². The molecular weight excluding hydrogens is 274 g/mol. The molecular formula is C14H27N3O2S. The molecule has 1 fully saturated rings. The average molecular weight is 301 g/mol. The second-order valence-corrected chi connectivity index (χ2v) is 6.29. The summed E-state index contributed by atoms with van der Waals surface area (Å²) in [7, 11) is 0. The van der Waals surface area contributed by atoms with E-state index in [1.165, 1.54) is 0 Å². The molecule has 1 rings (SSSR count). The highest BCUT2D eigenvalue weighted by Crippen LogP contribution is 2.18. The number of thioether (sulfide) groups is 1. The van der Waals surface area contributed by atoms with E-state index in [2.05, 4.69) is 5.32 Å². The fourth-order valence-electron chi connectivity index (χ4n) is 2.39. The van der Waals surface area contributed by atoms with Gasteiger partial charge in [0.2, 0.25) is 11.8 Å². The molecule has 1 aliphatic heterocycles. The summed E-state index contributed by atoms with van der Waals surface area (Å²) in [4.78, 5) is 26.0. The van der Waals surface area contributed by atoms with Gasteiger partial charge in [0.1, 0.15) is 0 Å². The van der Waals surface area contributed by atoms with Gasteiger partial charge in [-0.2, -0.15) is 11.8 Å². The molecule has 0 spiro atoms. The van der Waals surface area contributed by atoms with E-state index < -0.39 is 6.04 Å². The SMILES string of the molecule is CCCNC(=O)C1CCCN(C(=O)[C@@H](N)CCSC)C1. The van der Waals surface area contributed by atoms with Gasteiger partial charge in [0.15, 0.2) is 0 Å². The number of nitrogens with zero attached hydrogens (tertiary/aromatic N) is 1. The largest absolute Gasteiger partial charge is 0.356 e. The molecule has 0 aromatic heterocycles. The van der Waals surface area contributed by atoms with Crippen molar-refractivity contribution in [2.45, 2.75) is 38.6 Å². The van der Waals surface area contributed by atoms with Crippen molar-refractivity contribution in [1.29, 1.82) is 0 Å². The normalized spacial score (nSPS) is 20.6. The fourth-order valence-corrected chi connectivity index (χ4v) is 2.88. The molecule has 2 amide bonds. The van der Waals surface area contributed by atoms with Crippen molar-refractivity contribution in [2.75, 3.05) is 31.6 Å². The summed E-state index contributed by atoms with van der Waals surface area (Å²) in [5.74, 6) is 0.877. The van der Waals surface area contributed by atoms with Crippen LogP contribution in [0, 0.1) is 5.92 Å². The first kappa shape index (κ1) is 17.3. The van der Waals surface area contributed by atoms with E-state index >= 15 is 0 Å². The van der Waals surface area contributed by atoms with E-state index in [1.54, 1.807) is 16.7 Å². The van der Waals surface area contributed by atoms with Crippen molar-refractivity contribution in [3.63, 3.8) is 0 Å². The van der Waals surface area contributed by atoms with Crippen molar-refractivity contribution in [3.05, 3.63) is 0 Å². The number of rotatable bonds is 7. The van der Waals surface area contributed by atoms with E-state index in [0.717, 1.165) is 31.6 Å². The number of hydrogen-bond donors (Lipinski definition) is 2. The van der Waals surface area contributed by atoms with Crippen LogP contribution >= 0.6 is 11.8 Å². The Morgan fingerprint density at radius 3 is 2.90 bits per heavy atom. The van der Waals surface area contributed by atoms with Gasteiger partial charge in [-0.1, -0.05) is 6.92 Å². The maximum Gasteiger partial charge on any atom is 0.239 e. The topological polar surface area (TPSA) is 75.4 Å². The minimum Gasteiger partial charge on any atom is -0.356 e. The van der Waals surface area contributed by atoms with Crippen LogP contribution in [0.4, 0.5) is 0 Å². The molecule has 0 aliphatic carbocycles. The highest BCUT2D eigenvalue weighted by atomic mass is 32.2. The van der Waals surface area contributed by atoms with E-state index in [1.807, 2.05) is 13.2 Å². The monoisotopic (exact) mass is 301 g/mol. The second kappa shape index (κ2) is 9.23. The molecule has 6 heteroatoms. The quantitative estimate of drug-likeness (QED) is 0.730. The van der Waals surface area contributed by atoms with Crippen molar-refractivity contribution >= 4 is 23.6 Å². The number of carbonyl (C=O) groups excluding carboxylic acids is 2. The third-order valence-corrected chi connectivity index (χ3v) is 4.25. The lowest BCUT2D eigenvalue weighted by atomic mass is 9.96. The molecule has 3 N–H and O–H groups in total. The Morgan fingerprint density at radius 1 is 1.50 bits per heavy atom. The Morgan fingerprint density at radius 2 is 2.25 bits per heavy atom. The molecule has 0 saturated carbocycles. The zero-order valence-corrected chi connectivity index (χ0v) is 13.4. The molecule has 1 saturated heterocycles. The summed E-state index contributed by atoms with van der Waals surface area (Å²) >= 11 is 1.69. The van der Waals surface area contributed by atoms with Crippen molar-refractivity contribution in [1.82, 2.24) is 10.2 Å². The van der Waals surface area contributed by atoms with E-state index in [0.29, 0.717) is 19.5 Å². The molecule has 0 aromatic rings. The van der Waals surface area contributed by atoms with Crippen molar-refractivity contribution < 1.29 is 9.59 Å². The molecule has 0 aromatic carbocycles. The number of nitrogens with one attached hydrogen (secondary N) is 1. The number of nitrogens with two attached hydrogens (primary N) is 1. The van der Waals surface area contributed by atoms with Crippen LogP contribution in [0.3, 0.4) is 0 Å². The summed E-state index contributed by atoms with van der Waals surface area (Å²) < 4.78 is 0. The molecule has 1 aliphatic rings. The summed E-state index contributed by atoms with van der Waals surface area (Å²) in [6.07, 6.45) is 5.38. The zero-order chi connectivity index (χ0) is 15.0. The maximum atomic E-state index is 12.2. The van der Waals surface area contributed by atoms with Gasteiger partial charge in [-0.25, -0.2) is 0 Å². The van der Waals surface area contributed by atoms with Crippen molar-refractivity contribution in [2.24, 2.45) is 11.7 Å². The Balaban J connectivity index is 2.47. The minimum absolute atomic E-state index is 0.00737. The summed E-state index contributed by atoms with van der Waals surface area (Å²) in [5.41, 5.74) is 5.93. The molecule has 0 bridgehead atoms. The summed E-state index contributed by atoms with van der Waals surface area (Å²) in [6.45, 7) is 3.98. The number of amides is 2. The molecule has 2 atom stereocenters. The van der Waals surface area contributed by atoms with Gasteiger partial charge in [0.05, 0.1) is 12.0 Å². The first-order valence-electron chi connectivity index (χ1n) is 7.41. The average Bonchev–Trinajstić information content (AvgIpc) is 2.49. The van der Waals surface area contributed by atoms with Crippen LogP contribution in [0.2, 0.25) is 0 Å². The van der Waals surface area contributed by atoms with E-state index in [9.17, 15) is 9.59 Å². The number of carbonyl (C=O) groups is 2. The summed E-state index contributed by atoms with van der Waals surface area (Å²) in [6, 6.07) is -0.431. The molecule has 5 nitrogen and oxygen atoms in total. The van der Waals surface area contributed by atoms with Crippen LogP contribution in [0.15, 0.2) is 0 Å². The molecule has 1 unspecified atom stereocenters. The van der Waals surface area contributed by atoms with Crippen LogP contribution < -0.4 is 11.1 Å². The molecule has 0 radical (unpaired) electrons. The first-order valence-corrected chi connectivity index (χ1v) is 8.80. The lowest BCUT2D eigenvalue weighted by Crippen LogP contribution is -2.50. The molecule has 1 heterocycles. The highest BCUT2D eigenvalue weighted by molar-refractivity contribution is 7.98. The third-order valence-electron chi connectivity index (χ3n) is 3.60. The molecule has 20 heavy (non-hydrogen) atoms. The Hall–Kier alpha value is -0.750. The third kappa shape index (κ3) is 5.32. The lowest BCUT2D eigenvalue weighted by molar-refractivity contribution is -0.136. The second-order valence-electron chi connectivity index (χ2n) is 5.30. The van der Waals surface area contributed by atoms with Crippen LogP contribution in [0.5, 0.6) is 0 Å².